The van der Waals surface area contributed by atoms with Crippen molar-refractivity contribution in [2.45, 2.75) is 32.0 Å². The smallest absolute Gasteiger partial charge is 0.345 e. The molecule has 0 unspecified atom stereocenters. The molecule has 0 radical (unpaired) electrons. The summed E-state index contributed by atoms with van der Waals surface area (Å²) in [7, 11) is 0. The molecule has 3 heterocycles. The number of nitrogens with zero attached hydrogens (tertiary/aromatic N) is 3. The van der Waals surface area contributed by atoms with Gasteiger partial charge in [0.15, 0.2) is 0 Å². The predicted octanol–water partition coefficient (Wildman–Crippen LogP) is 4.76. The number of aryl methyl sites for hydroxylation is 1. The second-order valence-electron chi connectivity index (χ2n) is 6.80. The van der Waals surface area contributed by atoms with E-state index in [-0.39, 0.29) is 5.95 Å². The van der Waals surface area contributed by atoms with E-state index >= 15 is 0 Å². The zero-order chi connectivity index (χ0) is 19.9. The minimum atomic E-state index is -4.37. The SMILES string of the molecule is C=C1CCc2ccncc2C=C1c1c[nH]c2nc(N[C@H](C)C(F)(F)F)ncc12. The fraction of sp³-hybridized carbons (Fsp3) is 0.250. The largest absolute Gasteiger partial charge is 0.408 e. The van der Waals surface area contributed by atoms with Crippen LogP contribution in [0.4, 0.5) is 19.1 Å². The molecule has 0 aromatic carbocycles. The van der Waals surface area contributed by atoms with Crippen LogP contribution in [0, 0.1) is 0 Å². The van der Waals surface area contributed by atoms with Crippen LogP contribution in [0.2, 0.25) is 0 Å². The lowest BCUT2D eigenvalue weighted by molar-refractivity contribution is -0.138. The maximum Gasteiger partial charge on any atom is 0.408 e. The Labute approximate surface area is 159 Å². The number of aromatic nitrogens is 4. The second-order valence-corrected chi connectivity index (χ2v) is 6.80. The molecule has 28 heavy (non-hydrogen) atoms. The summed E-state index contributed by atoms with van der Waals surface area (Å²) < 4.78 is 38.3. The van der Waals surface area contributed by atoms with E-state index in [0.717, 1.165) is 47.4 Å². The molecule has 5 nitrogen and oxygen atoms in total. The van der Waals surface area contributed by atoms with E-state index in [9.17, 15) is 13.2 Å². The van der Waals surface area contributed by atoms with Gasteiger partial charge in [0, 0.05) is 35.7 Å². The van der Waals surface area contributed by atoms with E-state index in [2.05, 4.69) is 31.8 Å². The summed E-state index contributed by atoms with van der Waals surface area (Å²) >= 11 is 0. The first kappa shape index (κ1) is 18.2. The molecule has 2 N–H and O–H groups in total. The number of hydrogen-bond donors (Lipinski definition) is 2. The maximum atomic E-state index is 12.8. The van der Waals surface area contributed by atoms with Crippen molar-refractivity contribution in [2.24, 2.45) is 0 Å². The minimum absolute atomic E-state index is 0.0751. The van der Waals surface area contributed by atoms with E-state index in [0.29, 0.717) is 5.65 Å². The lowest BCUT2D eigenvalue weighted by Gasteiger charge is -2.16. The van der Waals surface area contributed by atoms with Gasteiger partial charge in [0.1, 0.15) is 11.7 Å². The Bertz CT molecular complexity index is 1080. The Balaban J connectivity index is 1.72. The van der Waals surface area contributed by atoms with Gasteiger partial charge in [-0.3, -0.25) is 4.98 Å². The van der Waals surface area contributed by atoms with Crippen molar-refractivity contribution in [3.8, 4) is 0 Å². The first-order valence-electron chi connectivity index (χ1n) is 8.83. The van der Waals surface area contributed by atoms with Crippen LogP contribution in [0.25, 0.3) is 22.7 Å². The number of anilines is 1. The third kappa shape index (κ3) is 3.37. The molecule has 3 aromatic heterocycles. The minimum Gasteiger partial charge on any atom is -0.345 e. The normalized spacial score (nSPS) is 15.7. The van der Waals surface area contributed by atoms with Crippen LogP contribution in [-0.2, 0) is 6.42 Å². The average molecular weight is 385 g/mol. The Hall–Kier alpha value is -3.16. The van der Waals surface area contributed by atoms with E-state index in [1.165, 1.54) is 11.8 Å². The number of rotatable bonds is 3. The highest BCUT2D eigenvalue weighted by atomic mass is 19.4. The topological polar surface area (TPSA) is 66.5 Å². The van der Waals surface area contributed by atoms with Gasteiger partial charge in [-0.1, -0.05) is 6.58 Å². The van der Waals surface area contributed by atoms with E-state index in [1.54, 1.807) is 12.4 Å². The fourth-order valence-corrected chi connectivity index (χ4v) is 3.21. The molecule has 1 aliphatic rings. The third-order valence-corrected chi connectivity index (χ3v) is 4.88. The molecular weight excluding hydrogens is 367 g/mol. The quantitative estimate of drug-likeness (QED) is 0.682. The first-order valence-corrected chi connectivity index (χ1v) is 8.83. The molecule has 0 aliphatic heterocycles. The molecule has 0 spiro atoms. The average Bonchev–Trinajstić information content (AvgIpc) is 2.99. The summed E-state index contributed by atoms with van der Waals surface area (Å²) in [4.78, 5) is 15.5. The van der Waals surface area contributed by atoms with E-state index in [1.807, 2.05) is 18.3 Å². The van der Waals surface area contributed by atoms with Crippen molar-refractivity contribution in [1.29, 1.82) is 0 Å². The van der Waals surface area contributed by atoms with Gasteiger partial charge < -0.3 is 10.3 Å². The van der Waals surface area contributed by atoms with Crippen molar-refractivity contribution in [2.75, 3.05) is 5.32 Å². The number of fused-ring (bicyclic) bond motifs is 2. The van der Waals surface area contributed by atoms with Crippen LogP contribution in [0.5, 0.6) is 0 Å². The number of H-pyrrole nitrogens is 1. The molecule has 0 saturated carbocycles. The van der Waals surface area contributed by atoms with Crippen molar-refractivity contribution in [1.82, 2.24) is 19.9 Å². The monoisotopic (exact) mass is 385 g/mol. The Morgan fingerprint density at radius 1 is 1.25 bits per heavy atom. The van der Waals surface area contributed by atoms with E-state index < -0.39 is 12.2 Å². The molecule has 0 amide bonds. The number of alkyl halides is 3. The van der Waals surface area contributed by atoms with Crippen LogP contribution < -0.4 is 5.32 Å². The van der Waals surface area contributed by atoms with Gasteiger partial charge in [-0.15, -0.1) is 0 Å². The highest BCUT2D eigenvalue weighted by Gasteiger charge is 2.36. The van der Waals surface area contributed by atoms with Gasteiger partial charge in [-0.05, 0) is 54.2 Å². The molecule has 0 bridgehead atoms. The summed E-state index contributed by atoms with van der Waals surface area (Å²) in [6.45, 7) is 5.23. The first-order chi connectivity index (χ1) is 13.3. The zero-order valence-corrected chi connectivity index (χ0v) is 15.1. The number of pyridine rings is 1. The molecule has 8 heteroatoms. The molecule has 1 aliphatic carbocycles. The summed E-state index contributed by atoms with van der Waals surface area (Å²) in [6, 6.07) is 0.257. The second kappa shape index (κ2) is 6.78. The van der Waals surface area contributed by atoms with Gasteiger partial charge >= 0.3 is 6.18 Å². The Morgan fingerprint density at radius 2 is 2.07 bits per heavy atom. The molecular formula is C20H18F3N5. The number of allylic oxidation sites excluding steroid dienone is 2. The van der Waals surface area contributed by atoms with Gasteiger partial charge in [-0.25, -0.2) is 4.98 Å². The van der Waals surface area contributed by atoms with Crippen molar-refractivity contribution in [3.05, 3.63) is 59.7 Å². The number of hydrogen-bond acceptors (Lipinski definition) is 4. The fourth-order valence-electron chi connectivity index (χ4n) is 3.21. The van der Waals surface area contributed by atoms with E-state index in [4.69, 9.17) is 0 Å². The van der Waals surface area contributed by atoms with Gasteiger partial charge in [-0.2, -0.15) is 18.2 Å². The highest BCUT2D eigenvalue weighted by molar-refractivity contribution is 6.01. The van der Waals surface area contributed by atoms with Gasteiger partial charge in [0.25, 0.3) is 0 Å². The van der Waals surface area contributed by atoms with Crippen LogP contribution in [-0.4, -0.2) is 32.2 Å². The van der Waals surface area contributed by atoms with Gasteiger partial charge in [0.05, 0.1) is 0 Å². The summed E-state index contributed by atoms with van der Waals surface area (Å²) in [5.41, 5.74) is 5.49. The molecule has 3 aromatic rings. The summed E-state index contributed by atoms with van der Waals surface area (Å²) in [5.74, 6) is -0.0751. The lowest BCUT2D eigenvalue weighted by Crippen LogP contribution is -2.33. The maximum absolute atomic E-state index is 12.8. The lowest BCUT2D eigenvalue weighted by atomic mass is 9.97. The Kier molecular flexibility index (Phi) is 4.41. The predicted molar refractivity (Wildman–Crippen MR) is 103 cm³/mol. The summed E-state index contributed by atoms with van der Waals surface area (Å²) in [6.07, 6.45) is 6.26. The number of aromatic amines is 1. The van der Waals surface area contributed by atoms with Crippen LogP contribution >= 0.6 is 0 Å². The number of halogens is 3. The van der Waals surface area contributed by atoms with Crippen LogP contribution in [0.1, 0.15) is 30.0 Å². The van der Waals surface area contributed by atoms with Crippen LogP contribution in [0.15, 0.2) is 43.0 Å². The molecule has 144 valence electrons. The van der Waals surface area contributed by atoms with Gasteiger partial charge in [0.2, 0.25) is 5.95 Å². The third-order valence-electron chi connectivity index (χ3n) is 4.88. The van der Waals surface area contributed by atoms with Crippen LogP contribution in [0.3, 0.4) is 0 Å². The number of nitrogens with one attached hydrogen (secondary N) is 2. The standard InChI is InChI=1S/C20H18F3N5/c1-11-3-4-13-5-6-24-8-14(13)7-15(11)16-9-25-18-17(16)10-26-19(28-18)27-12(2)20(21,22)23/h5-10,12H,1,3-4H2,2H3,(H2,25,26,27,28)/t12-/m1/s1. The molecule has 0 saturated heterocycles. The molecule has 0 fully saturated rings. The Morgan fingerprint density at radius 3 is 2.86 bits per heavy atom. The zero-order valence-electron chi connectivity index (χ0n) is 15.1. The summed E-state index contributed by atoms with van der Waals surface area (Å²) in [5, 5.41) is 3.01. The molecule has 4 rings (SSSR count). The van der Waals surface area contributed by atoms with Crippen molar-refractivity contribution in [3.63, 3.8) is 0 Å². The van der Waals surface area contributed by atoms with Crippen molar-refractivity contribution >= 4 is 28.6 Å². The van der Waals surface area contributed by atoms with Crippen molar-refractivity contribution < 1.29 is 13.2 Å². The molecule has 1 atom stereocenters. The highest BCUT2D eigenvalue weighted by Crippen LogP contribution is 2.35.